The van der Waals surface area contributed by atoms with Crippen LogP contribution in [0.3, 0.4) is 0 Å². The zero-order chi connectivity index (χ0) is 21.9. The normalized spacial score (nSPS) is 10.7. The fourth-order valence-corrected chi connectivity index (χ4v) is 3.55. The molecule has 0 radical (unpaired) electrons. The molecule has 0 fully saturated rings. The van der Waals surface area contributed by atoms with Gasteiger partial charge in [-0.2, -0.15) is 0 Å². The second-order valence-corrected chi connectivity index (χ2v) is 7.56. The van der Waals surface area contributed by atoms with E-state index < -0.39 is 5.97 Å². The van der Waals surface area contributed by atoms with Crippen molar-refractivity contribution in [3.63, 3.8) is 0 Å². The number of hydrogen-bond acceptors (Lipinski definition) is 4. The summed E-state index contributed by atoms with van der Waals surface area (Å²) in [5.74, 6) is -0.304. The minimum absolute atomic E-state index is 0.0312. The zero-order valence-corrected chi connectivity index (χ0v) is 17.9. The number of aromatic hydroxyl groups is 1. The molecular formula is C25H32O5. The molecule has 0 heterocycles. The quantitative estimate of drug-likeness (QED) is 0.342. The Hall–Kier alpha value is -2.82. The predicted octanol–water partition coefficient (Wildman–Crippen LogP) is 5.36. The van der Waals surface area contributed by atoms with E-state index in [1.807, 2.05) is 25.1 Å². The maximum absolute atomic E-state index is 11.6. The molecule has 162 valence electrons. The third-order valence-electron chi connectivity index (χ3n) is 5.26. The molecule has 0 aliphatic rings. The molecule has 2 rings (SSSR count). The van der Waals surface area contributed by atoms with Crippen LogP contribution < -0.4 is 4.74 Å². The van der Waals surface area contributed by atoms with E-state index in [0.29, 0.717) is 24.3 Å². The van der Waals surface area contributed by atoms with Crippen LogP contribution in [0.25, 0.3) is 0 Å². The number of ether oxygens (including phenoxy) is 1. The highest BCUT2D eigenvalue weighted by atomic mass is 16.5. The first kappa shape index (κ1) is 23.5. The Balaban J connectivity index is 1.74. The minimum atomic E-state index is -0.764. The van der Waals surface area contributed by atoms with Crippen LogP contribution in [-0.2, 0) is 24.1 Å². The van der Waals surface area contributed by atoms with Gasteiger partial charge in [0.25, 0.3) is 0 Å². The second kappa shape index (κ2) is 12.0. The fourth-order valence-electron chi connectivity index (χ4n) is 3.55. The third-order valence-corrected chi connectivity index (χ3v) is 5.26. The number of hydrogen-bond donors (Lipinski definition) is 2. The van der Waals surface area contributed by atoms with Gasteiger partial charge in [0, 0.05) is 12.5 Å². The highest BCUT2D eigenvalue weighted by Gasteiger charge is 2.12. The molecule has 5 heteroatoms. The molecule has 2 aromatic carbocycles. The molecule has 0 amide bonds. The molecule has 0 saturated heterocycles. The van der Waals surface area contributed by atoms with Crippen molar-refractivity contribution in [3.05, 3.63) is 58.7 Å². The summed E-state index contributed by atoms with van der Waals surface area (Å²) in [5, 5.41) is 18.9. The number of ketones is 1. The number of phenolic OH excluding ortho intramolecular Hbond substituents is 1. The van der Waals surface area contributed by atoms with E-state index in [1.165, 1.54) is 12.5 Å². The smallest absolute Gasteiger partial charge is 0.303 e. The summed E-state index contributed by atoms with van der Waals surface area (Å²) < 4.78 is 5.86. The van der Waals surface area contributed by atoms with E-state index in [4.69, 9.17) is 9.84 Å². The van der Waals surface area contributed by atoms with E-state index in [9.17, 15) is 14.7 Å². The Labute approximate surface area is 178 Å². The van der Waals surface area contributed by atoms with Gasteiger partial charge in [0.05, 0.1) is 12.2 Å². The Bertz CT molecular complexity index is 857. The summed E-state index contributed by atoms with van der Waals surface area (Å²) in [4.78, 5) is 22.4. The lowest BCUT2D eigenvalue weighted by molar-refractivity contribution is -0.136. The van der Waals surface area contributed by atoms with Gasteiger partial charge < -0.3 is 14.9 Å². The summed E-state index contributed by atoms with van der Waals surface area (Å²) in [6.07, 6.45) is 6.51. The Morgan fingerprint density at radius 2 is 1.60 bits per heavy atom. The van der Waals surface area contributed by atoms with Gasteiger partial charge >= 0.3 is 5.97 Å². The van der Waals surface area contributed by atoms with Crippen molar-refractivity contribution in [1.29, 1.82) is 0 Å². The fraction of sp³-hybridized carbons (Fsp3) is 0.440. The van der Waals surface area contributed by atoms with Gasteiger partial charge in [0.2, 0.25) is 0 Å². The molecule has 5 nitrogen and oxygen atoms in total. The van der Waals surface area contributed by atoms with Gasteiger partial charge in [-0.05, 0) is 61.8 Å². The van der Waals surface area contributed by atoms with Crippen molar-refractivity contribution < 1.29 is 24.5 Å². The van der Waals surface area contributed by atoms with Crippen molar-refractivity contribution in [2.75, 3.05) is 6.61 Å². The number of unbranched alkanes of at least 4 members (excludes halogenated alkanes) is 3. The first-order valence-corrected chi connectivity index (χ1v) is 10.7. The van der Waals surface area contributed by atoms with Crippen LogP contribution in [-0.4, -0.2) is 28.6 Å². The van der Waals surface area contributed by atoms with Crippen LogP contribution in [0.15, 0.2) is 36.4 Å². The van der Waals surface area contributed by atoms with Crippen LogP contribution >= 0.6 is 0 Å². The first-order valence-electron chi connectivity index (χ1n) is 10.7. The molecule has 30 heavy (non-hydrogen) atoms. The Morgan fingerprint density at radius 1 is 0.933 bits per heavy atom. The van der Waals surface area contributed by atoms with Gasteiger partial charge in [-0.15, -0.1) is 0 Å². The van der Waals surface area contributed by atoms with Gasteiger partial charge in [0.15, 0.2) is 5.78 Å². The third kappa shape index (κ3) is 7.21. The van der Waals surface area contributed by atoms with E-state index in [2.05, 4.69) is 6.07 Å². The zero-order valence-electron chi connectivity index (χ0n) is 17.9. The number of rotatable bonds is 13. The molecule has 0 aromatic heterocycles. The number of aliphatic carboxylic acids is 1. The maximum atomic E-state index is 11.6. The van der Waals surface area contributed by atoms with Gasteiger partial charge in [-0.3, -0.25) is 9.59 Å². The summed E-state index contributed by atoms with van der Waals surface area (Å²) in [7, 11) is 0. The van der Waals surface area contributed by atoms with Crippen molar-refractivity contribution in [1.82, 2.24) is 0 Å². The number of carbonyl (C=O) groups is 2. The van der Waals surface area contributed by atoms with Crippen LogP contribution in [0.1, 0.15) is 73.0 Å². The molecule has 0 spiro atoms. The summed E-state index contributed by atoms with van der Waals surface area (Å²) in [6, 6.07) is 11.3. The highest BCUT2D eigenvalue weighted by Crippen LogP contribution is 2.29. The number of benzene rings is 2. The maximum Gasteiger partial charge on any atom is 0.303 e. The Morgan fingerprint density at radius 3 is 2.23 bits per heavy atom. The van der Waals surface area contributed by atoms with E-state index >= 15 is 0 Å². The average Bonchev–Trinajstić information content (AvgIpc) is 2.72. The molecular weight excluding hydrogens is 380 g/mol. The topological polar surface area (TPSA) is 83.8 Å². The van der Waals surface area contributed by atoms with E-state index in [-0.39, 0.29) is 18.0 Å². The van der Waals surface area contributed by atoms with Crippen LogP contribution in [0, 0.1) is 0 Å². The summed E-state index contributed by atoms with van der Waals surface area (Å²) >= 11 is 0. The number of carboxylic acid groups (broad SMARTS) is 1. The van der Waals surface area contributed by atoms with Gasteiger partial charge in [-0.1, -0.05) is 44.0 Å². The second-order valence-electron chi connectivity index (χ2n) is 7.56. The molecule has 0 unspecified atom stereocenters. The van der Waals surface area contributed by atoms with Gasteiger partial charge in [0.1, 0.15) is 11.5 Å². The molecule has 0 aliphatic carbocycles. The first-order chi connectivity index (χ1) is 14.4. The van der Waals surface area contributed by atoms with Crippen molar-refractivity contribution in [2.24, 2.45) is 0 Å². The van der Waals surface area contributed by atoms with Crippen LogP contribution in [0.2, 0.25) is 0 Å². The van der Waals surface area contributed by atoms with E-state index in [0.717, 1.165) is 49.7 Å². The SMILES string of the molecule is CCc1cc(C(C)=O)c(O)cc1OCCCCCCc1ccccc1CCC(=O)O. The number of carboxylic acids is 1. The molecule has 0 saturated carbocycles. The number of Topliss-reactive ketones (excluding diaryl/α,β-unsaturated/α-hetero) is 1. The molecule has 2 N–H and O–H groups in total. The van der Waals surface area contributed by atoms with Crippen LogP contribution in [0.5, 0.6) is 11.5 Å². The standard InChI is InChI=1S/C25H32O5/c1-3-19-16-22(18(2)26)23(27)17-24(19)30-15-9-5-4-6-10-20-11-7-8-12-21(20)13-14-25(28)29/h7-8,11-12,16-17,27H,3-6,9-10,13-15H2,1-2H3,(H,28,29). The molecule has 0 aliphatic heterocycles. The minimum Gasteiger partial charge on any atom is -0.507 e. The Kier molecular flexibility index (Phi) is 9.39. The molecule has 0 atom stereocenters. The monoisotopic (exact) mass is 412 g/mol. The number of carbonyl (C=O) groups excluding carboxylic acids is 1. The van der Waals surface area contributed by atoms with Crippen LogP contribution in [0.4, 0.5) is 0 Å². The van der Waals surface area contributed by atoms with Gasteiger partial charge in [-0.25, -0.2) is 0 Å². The van der Waals surface area contributed by atoms with Crippen molar-refractivity contribution >= 4 is 11.8 Å². The largest absolute Gasteiger partial charge is 0.507 e. The lowest BCUT2D eigenvalue weighted by Crippen LogP contribution is -2.03. The summed E-state index contributed by atoms with van der Waals surface area (Å²) in [6.45, 7) is 4.01. The molecule has 0 bridgehead atoms. The molecule has 2 aromatic rings. The highest BCUT2D eigenvalue weighted by molar-refractivity contribution is 5.97. The van der Waals surface area contributed by atoms with Crippen molar-refractivity contribution in [3.8, 4) is 11.5 Å². The lowest BCUT2D eigenvalue weighted by atomic mass is 9.98. The lowest BCUT2D eigenvalue weighted by Gasteiger charge is -2.13. The predicted molar refractivity (Wildman–Crippen MR) is 118 cm³/mol. The average molecular weight is 413 g/mol. The number of phenols is 1. The van der Waals surface area contributed by atoms with E-state index in [1.54, 1.807) is 12.1 Å². The van der Waals surface area contributed by atoms with Crippen molar-refractivity contribution in [2.45, 2.75) is 65.2 Å². The summed E-state index contributed by atoms with van der Waals surface area (Å²) in [5.41, 5.74) is 3.63. The number of aryl methyl sites for hydroxylation is 3.